The molecule has 2 unspecified atom stereocenters. The second kappa shape index (κ2) is 3.62. The molecule has 0 radical (unpaired) electrons. The lowest BCUT2D eigenvalue weighted by atomic mass is 9.95. The van der Waals surface area contributed by atoms with Crippen LogP contribution in [-0.2, 0) is 9.53 Å². The van der Waals surface area contributed by atoms with Gasteiger partial charge in [-0.15, -0.1) is 0 Å². The van der Waals surface area contributed by atoms with Crippen molar-refractivity contribution in [3.63, 3.8) is 0 Å². The van der Waals surface area contributed by atoms with Crippen molar-refractivity contribution in [2.45, 2.75) is 38.7 Å². The Hall–Kier alpha value is -0.630. The summed E-state index contributed by atoms with van der Waals surface area (Å²) in [6.45, 7) is 2.67. The maximum atomic E-state index is 11.8. The molecule has 1 saturated heterocycles. The summed E-state index contributed by atoms with van der Waals surface area (Å²) in [5, 5.41) is 0. The number of allylic oxidation sites excluding steroid dienone is 2. The summed E-state index contributed by atoms with van der Waals surface area (Å²) in [5.41, 5.74) is 1.06. The molecule has 13 heavy (non-hydrogen) atoms. The van der Waals surface area contributed by atoms with Crippen LogP contribution in [0.15, 0.2) is 11.6 Å². The SMILES string of the molecule is CC1CC(C(=O)C2=CCCC2)CO1. The molecule has 0 bridgehead atoms. The van der Waals surface area contributed by atoms with Crippen LogP contribution in [0.1, 0.15) is 32.6 Å². The summed E-state index contributed by atoms with van der Waals surface area (Å²) in [4.78, 5) is 11.8. The van der Waals surface area contributed by atoms with Gasteiger partial charge in [-0.25, -0.2) is 0 Å². The monoisotopic (exact) mass is 180 g/mol. The van der Waals surface area contributed by atoms with Crippen molar-refractivity contribution in [3.8, 4) is 0 Å². The highest BCUT2D eigenvalue weighted by Crippen LogP contribution is 2.27. The van der Waals surface area contributed by atoms with Gasteiger partial charge in [-0.2, -0.15) is 0 Å². The lowest BCUT2D eigenvalue weighted by Gasteiger charge is -2.06. The van der Waals surface area contributed by atoms with Crippen LogP contribution in [0.5, 0.6) is 0 Å². The van der Waals surface area contributed by atoms with E-state index in [-0.39, 0.29) is 12.0 Å². The molecule has 72 valence electrons. The van der Waals surface area contributed by atoms with Crippen molar-refractivity contribution in [1.29, 1.82) is 0 Å². The van der Waals surface area contributed by atoms with Crippen LogP contribution in [0.3, 0.4) is 0 Å². The molecule has 2 nitrogen and oxygen atoms in total. The fourth-order valence-corrected chi connectivity index (χ4v) is 2.16. The van der Waals surface area contributed by atoms with Gasteiger partial charge in [0.2, 0.25) is 0 Å². The topological polar surface area (TPSA) is 26.3 Å². The van der Waals surface area contributed by atoms with Gasteiger partial charge in [0.25, 0.3) is 0 Å². The Morgan fingerprint density at radius 1 is 1.62 bits per heavy atom. The van der Waals surface area contributed by atoms with Gasteiger partial charge in [-0.05, 0) is 38.2 Å². The maximum absolute atomic E-state index is 11.8. The molecule has 0 amide bonds. The zero-order chi connectivity index (χ0) is 9.26. The smallest absolute Gasteiger partial charge is 0.164 e. The first-order valence-corrected chi connectivity index (χ1v) is 5.12. The van der Waals surface area contributed by atoms with E-state index in [1.54, 1.807) is 0 Å². The molecule has 2 rings (SSSR count). The van der Waals surface area contributed by atoms with Crippen molar-refractivity contribution >= 4 is 5.78 Å². The molecular weight excluding hydrogens is 164 g/mol. The molecule has 0 saturated carbocycles. The first-order valence-electron chi connectivity index (χ1n) is 5.12. The molecule has 2 aliphatic rings. The van der Waals surface area contributed by atoms with Crippen LogP contribution < -0.4 is 0 Å². The zero-order valence-electron chi connectivity index (χ0n) is 8.08. The van der Waals surface area contributed by atoms with Crippen LogP contribution >= 0.6 is 0 Å². The largest absolute Gasteiger partial charge is 0.378 e. The second-order valence-corrected chi connectivity index (χ2v) is 4.06. The lowest BCUT2D eigenvalue weighted by molar-refractivity contribution is -0.119. The van der Waals surface area contributed by atoms with E-state index < -0.39 is 0 Å². The normalized spacial score (nSPS) is 33.5. The van der Waals surface area contributed by atoms with E-state index in [0.717, 1.165) is 31.3 Å². The molecular formula is C11H16O2. The Morgan fingerprint density at radius 3 is 3.00 bits per heavy atom. The molecule has 1 aliphatic carbocycles. The number of ether oxygens (including phenoxy) is 1. The van der Waals surface area contributed by atoms with Gasteiger partial charge in [-0.1, -0.05) is 6.08 Å². The number of hydrogen-bond donors (Lipinski definition) is 0. The number of hydrogen-bond acceptors (Lipinski definition) is 2. The summed E-state index contributed by atoms with van der Waals surface area (Å²) < 4.78 is 5.40. The average molecular weight is 180 g/mol. The summed E-state index contributed by atoms with van der Waals surface area (Å²) >= 11 is 0. The second-order valence-electron chi connectivity index (χ2n) is 4.06. The van der Waals surface area contributed by atoms with Gasteiger partial charge < -0.3 is 4.74 Å². The molecule has 0 aromatic heterocycles. The summed E-state index contributed by atoms with van der Waals surface area (Å²) in [5.74, 6) is 0.501. The predicted molar refractivity (Wildman–Crippen MR) is 50.5 cm³/mol. The molecule has 0 aromatic carbocycles. The third kappa shape index (κ3) is 1.83. The Labute approximate surface area is 79.0 Å². The van der Waals surface area contributed by atoms with E-state index in [1.165, 1.54) is 0 Å². The molecule has 0 spiro atoms. The van der Waals surface area contributed by atoms with E-state index in [1.807, 2.05) is 6.92 Å². The van der Waals surface area contributed by atoms with Gasteiger partial charge in [0, 0.05) is 5.92 Å². The minimum absolute atomic E-state index is 0.152. The molecule has 1 aliphatic heterocycles. The molecule has 0 aromatic rings. The van der Waals surface area contributed by atoms with Gasteiger partial charge in [0.05, 0.1) is 12.7 Å². The summed E-state index contributed by atoms with van der Waals surface area (Å²) in [6, 6.07) is 0. The highest BCUT2D eigenvalue weighted by Gasteiger charge is 2.30. The molecule has 0 N–H and O–H groups in total. The van der Waals surface area contributed by atoms with Crippen molar-refractivity contribution in [2.75, 3.05) is 6.61 Å². The molecule has 2 heteroatoms. The highest BCUT2D eigenvalue weighted by molar-refractivity contribution is 5.97. The lowest BCUT2D eigenvalue weighted by Crippen LogP contribution is -2.15. The van der Waals surface area contributed by atoms with Gasteiger partial charge in [0.1, 0.15) is 0 Å². The number of Topliss-reactive ketones (excluding diaryl/α,β-unsaturated/α-hetero) is 1. The van der Waals surface area contributed by atoms with Gasteiger partial charge in [0.15, 0.2) is 5.78 Å². The van der Waals surface area contributed by atoms with E-state index >= 15 is 0 Å². The minimum atomic E-state index is 0.152. The number of ketones is 1. The van der Waals surface area contributed by atoms with E-state index in [4.69, 9.17) is 4.74 Å². The van der Waals surface area contributed by atoms with Crippen molar-refractivity contribution in [1.82, 2.24) is 0 Å². The van der Waals surface area contributed by atoms with Crippen LogP contribution in [-0.4, -0.2) is 18.5 Å². The minimum Gasteiger partial charge on any atom is -0.378 e. The van der Waals surface area contributed by atoms with Crippen molar-refractivity contribution < 1.29 is 9.53 Å². The molecule has 1 fully saturated rings. The van der Waals surface area contributed by atoms with Crippen LogP contribution in [0.4, 0.5) is 0 Å². The highest BCUT2D eigenvalue weighted by atomic mass is 16.5. The van der Waals surface area contributed by atoms with Crippen LogP contribution in [0.25, 0.3) is 0 Å². The third-order valence-corrected chi connectivity index (χ3v) is 2.93. The Kier molecular flexibility index (Phi) is 2.49. The van der Waals surface area contributed by atoms with E-state index in [0.29, 0.717) is 12.4 Å². The quantitative estimate of drug-likeness (QED) is 0.650. The van der Waals surface area contributed by atoms with Crippen LogP contribution in [0.2, 0.25) is 0 Å². The number of carbonyl (C=O) groups excluding carboxylic acids is 1. The standard InChI is InChI=1S/C11H16O2/c1-8-6-10(7-13-8)11(12)9-4-2-3-5-9/h4,8,10H,2-3,5-7H2,1H3. The predicted octanol–water partition coefficient (Wildman–Crippen LogP) is 2.09. The fourth-order valence-electron chi connectivity index (χ4n) is 2.16. The van der Waals surface area contributed by atoms with E-state index in [9.17, 15) is 4.79 Å². The first kappa shape index (κ1) is 8.95. The average Bonchev–Trinajstić information content (AvgIpc) is 2.72. The van der Waals surface area contributed by atoms with E-state index in [2.05, 4.69) is 6.08 Å². The molecule has 1 heterocycles. The number of rotatable bonds is 2. The maximum Gasteiger partial charge on any atom is 0.164 e. The first-order chi connectivity index (χ1) is 6.27. The van der Waals surface area contributed by atoms with Crippen LogP contribution in [0, 0.1) is 5.92 Å². The zero-order valence-corrected chi connectivity index (χ0v) is 8.08. The summed E-state index contributed by atoms with van der Waals surface area (Å²) in [6.07, 6.45) is 6.52. The molecule has 2 atom stereocenters. The Bertz CT molecular complexity index is 242. The summed E-state index contributed by atoms with van der Waals surface area (Å²) in [7, 11) is 0. The fraction of sp³-hybridized carbons (Fsp3) is 0.727. The Balaban J connectivity index is 1.97. The number of carbonyl (C=O) groups is 1. The van der Waals surface area contributed by atoms with Crippen molar-refractivity contribution in [2.24, 2.45) is 5.92 Å². The Morgan fingerprint density at radius 2 is 2.46 bits per heavy atom. The van der Waals surface area contributed by atoms with Gasteiger partial charge in [-0.3, -0.25) is 4.79 Å². The third-order valence-electron chi connectivity index (χ3n) is 2.93. The van der Waals surface area contributed by atoms with Crippen molar-refractivity contribution in [3.05, 3.63) is 11.6 Å². The van der Waals surface area contributed by atoms with Gasteiger partial charge >= 0.3 is 0 Å².